The Morgan fingerprint density at radius 1 is 0.872 bits per heavy atom. The number of likely N-dealkylation sites (tertiary alicyclic amines) is 1. The van der Waals surface area contributed by atoms with E-state index in [9.17, 15) is 28.8 Å². The number of rotatable bonds is 13. The lowest BCUT2D eigenvalue weighted by Gasteiger charge is -2.36. The van der Waals surface area contributed by atoms with E-state index in [1.807, 2.05) is 41.5 Å². The van der Waals surface area contributed by atoms with Crippen LogP contribution in [0.5, 0.6) is 0 Å². The van der Waals surface area contributed by atoms with E-state index in [1.165, 1.54) is 7.05 Å². The summed E-state index contributed by atoms with van der Waals surface area (Å²) in [4.78, 5) is 81.6. The number of hydrogen-bond donors (Lipinski definition) is 4. The summed E-state index contributed by atoms with van der Waals surface area (Å²) in [6, 6.07) is -4.41. The summed E-state index contributed by atoms with van der Waals surface area (Å²) in [5.74, 6) is -2.85. The minimum absolute atomic E-state index is 0.0247. The van der Waals surface area contributed by atoms with Gasteiger partial charge in [-0.3, -0.25) is 19.2 Å². The maximum Gasteiger partial charge on any atom is 0.329 e. The number of esters is 1. The zero-order valence-electron chi connectivity index (χ0n) is 30.4. The third-order valence-electron chi connectivity index (χ3n) is 9.25. The lowest BCUT2D eigenvalue weighted by Crippen LogP contribution is -2.61. The van der Waals surface area contributed by atoms with Crippen LogP contribution in [0.3, 0.4) is 0 Å². The molecule has 1 aliphatic heterocycles. The number of amides is 5. The topological polar surface area (TPSA) is 163 Å². The summed E-state index contributed by atoms with van der Waals surface area (Å²) in [7, 11) is 1.37. The van der Waals surface area contributed by atoms with Crippen LogP contribution < -0.4 is 21.3 Å². The Bertz CT molecular complexity index is 1120. The molecular formula is C35H61N5O7. The van der Waals surface area contributed by atoms with Crippen molar-refractivity contribution < 1.29 is 33.5 Å². The molecule has 4 N–H and O–H groups in total. The number of unbranched alkanes of at least 4 members (excludes halogenated alkanes) is 1. The fourth-order valence-electron chi connectivity index (χ4n) is 6.40. The minimum Gasteiger partial charge on any atom is -0.458 e. The van der Waals surface area contributed by atoms with Crippen LogP contribution in [0.25, 0.3) is 0 Å². The molecule has 1 aliphatic carbocycles. The maximum absolute atomic E-state index is 14.5. The smallest absolute Gasteiger partial charge is 0.329 e. The number of nitrogens with zero attached hydrogens (tertiary/aromatic N) is 1. The van der Waals surface area contributed by atoms with Crippen LogP contribution in [0.15, 0.2) is 0 Å². The van der Waals surface area contributed by atoms with Crippen molar-refractivity contribution in [2.24, 2.45) is 23.2 Å². The second kappa shape index (κ2) is 17.3. The van der Waals surface area contributed by atoms with Gasteiger partial charge in [0.15, 0.2) is 0 Å². The highest BCUT2D eigenvalue weighted by atomic mass is 16.6. The highest BCUT2D eigenvalue weighted by Gasteiger charge is 2.46. The monoisotopic (exact) mass is 663 g/mol. The van der Waals surface area contributed by atoms with Gasteiger partial charge in [-0.05, 0) is 69.6 Å². The number of Topliss-reactive ketones (excluding diaryl/α,β-unsaturated/α-hetero) is 1. The van der Waals surface area contributed by atoms with Crippen molar-refractivity contribution in [1.29, 1.82) is 0 Å². The van der Waals surface area contributed by atoms with Crippen LogP contribution in [-0.2, 0) is 28.7 Å². The lowest BCUT2D eigenvalue weighted by atomic mass is 9.83. The van der Waals surface area contributed by atoms with Crippen molar-refractivity contribution >= 4 is 35.5 Å². The molecule has 0 spiro atoms. The van der Waals surface area contributed by atoms with Crippen LogP contribution in [0.4, 0.5) is 4.79 Å². The van der Waals surface area contributed by atoms with Crippen molar-refractivity contribution in [2.45, 2.75) is 150 Å². The van der Waals surface area contributed by atoms with Crippen molar-refractivity contribution in [3.63, 3.8) is 0 Å². The molecule has 1 heterocycles. The number of nitrogens with one attached hydrogen (secondary N) is 4. The van der Waals surface area contributed by atoms with Crippen LogP contribution in [0.1, 0.15) is 120 Å². The number of carbonyl (C=O) groups excluding carboxylic acids is 6. The summed E-state index contributed by atoms with van der Waals surface area (Å²) in [6.45, 7) is 17.1. The summed E-state index contributed by atoms with van der Waals surface area (Å²) in [5, 5.41) is 10.8. The highest BCUT2D eigenvalue weighted by molar-refractivity contribution is 6.38. The van der Waals surface area contributed by atoms with Gasteiger partial charge in [0.25, 0.3) is 5.91 Å². The highest BCUT2D eigenvalue weighted by Crippen LogP contribution is 2.33. The SMILES string of the molecule is CCCCC(NC(=O)[C@@H]1C[C@@H](C(C)C)CN1C(=O)[C@@H](NC(=O)N[C@H](C(=O)OC(C)(C)C)C(C)(C)C)C1CCCCC1)C(=O)C(=O)NC. The zero-order valence-corrected chi connectivity index (χ0v) is 30.4. The first-order valence-electron chi connectivity index (χ1n) is 17.5. The maximum atomic E-state index is 14.5. The van der Waals surface area contributed by atoms with E-state index in [2.05, 4.69) is 21.3 Å². The van der Waals surface area contributed by atoms with E-state index >= 15 is 0 Å². The molecule has 47 heavy (non-hydrogen) atoms. The summed E-state index contributed by atoms with van der Waals surface area (Å²) < 4.78 is 5.60. The largest absolute Gasteiger partial charge is 0.458 e. The molecule has 0 radical (unpaired) electrons. The van der Waals surface area contributed by atoms with E-state index in [-0.39, 0.29) is 23.7 Å². The van der Waals surface area contributed by atoms with E-state index in [4.69, 9.17) is 4.74 Å². The standard InChI is InChI=1S/C35H61N5O7/c1-11-12-18-24(27(41)30(43)36-10)37-29(42)25-19-23(21(2)3)20-40(25)31(44)26(22-16-14-13-15-17-22)38-33(46)39-28(34(4,5)6)32(45)47-35(7,8)9/h21-26,28H,11-20H2,1-10H3,(H,36,43)(H,37,42)(H2,38,39,46)/t23-,24?,25+,26+,28-/m1/s1. The fraction of sp³-hybridized carbons (Fsp3) is 0.829. The molecule has 0 aromatic rings. The molecule has 1 saturated carbocycles. The average molecular weight is 664 g/mol. The molecule has 1 saturated heterocycles. The number of ketones is 1. The predicted molar refractivity (Wildman–Crippen MR) is 180 cm³/mol. The predicted octanol–water partition coefficient (Wildman–Crippen LogP) is 3.85. The van der Waals surface area contributed by atoms with Gasteiger partial charge in [-0.2, -0.15) is 0 Å². The fourth-order valence-corrected chi connectivity index (χ4v) is 6.40. The molecule has 2 aliphatic rings. The Hall–Kier alpha value is -3.18. The second-order valence-electron chi connectivity index (χ2n) is 15.7. The van der Waals surface area contributed by atoms with E-state index in [0.717, 1.165) is 38.5 Å². The quantitative estimate of drug-likeness (QED) is 0.172. The molecular weight excluding hydrogens is 602 g/mol. The second-order valence-corrected chi connectivity index (χ2v) is 15.7. The first kappa shape index (κ1) is 40.0. The number of hydrogen-bond acceptors (Lipinski definition) is 7. The van der Waals surface area contributed by atoms with E-state index < -0.39 is 64.8 Å². The van der Waals surface area contributed by atoms with Crippen LogP contribution in [0, 0.1) is 23.2 Å². The minimum atomic E-state index is -1.00. The Morgan fingerprint density at radius 3 is 2.00 bits per heavy atom. The molecule has 268 valence electrons. The van der Waals surface area contributed by atoms with Crippen molar-refractivity contribution in [1.82, 2.24) is 26.2 Å². The van der Waals surface area contributed by atoms with Gasteiger partial charge < -0.3 is 30.9 Å². The number of ether oxygens (including phenoxy) is 1. The molecule has 5 amide bonds. The Labute approximate surface area is 281 Å². The van der Waals surface area contributed by atoms with Crippen molar-refractivity contribution in [2.75, 3.05) is 13.6 Å². The zero-order chi connectivity index (χ0) is 35.7. The number of likely N-dealkylation sites (N-methyl/N-ethyl adjacent to an activating group) is 1. The van der Waals surface area contributed by atoms with Crippen molar-refractivity contribution in [3.05, 3.63) is 0 Å². The van der Waals surface area contributed by atoms with Gasteiger partial charge in [-0.25, -0.2) is 9.59 Å². The van der Waals surface area contributed by atoms with Gasteiger partial charge in [0, 0.05) is 13.6 Å². The summed E-state index contributed by atoms with van der Waals surface area (Å²) in [6.07, 6.45) is 6.47. The molecule has 2 fully saturated rings. The third-order valence-corrected chi connectivity index (χ3v) is 9.25. The van der Waals surface area contributed by atoms with Gasteiger partial charge >= 0.3 is 12.0 Å². The molecule has 0 bridgehead atoms. The molecule has 2 rings (SSSR count). The normalized spacial score (nSPS) is 21.0. The van der Waals surface area contributed by atoms with E-state index in [1.54, 1.807) is 25.7 Å². The van der Waals surface area contributed by atoms with Crippen LogP contribution in [0.2, 0.25) is 0 Å². The van der Waals surface area contributed by atoms with Gasteiger partial charge in [-0.1, -0.05) is 73.6 Å². The molecule has 0 aromatic carbocycles. The lowest BCUT2D eigenvalue weighted by molar-refractivity contribution is -0.160. The molecule has 12 heteroatoms. The van der Waals surface area contributed by atoms with Crippen LogP contribution in [-0.4, -0.2) is 83.8 Å². The summed E-state index contributed by atoms with van der Waals surface area (Å²) >= 11 is 0. The van der Waals surface area contributed by atoms with Gasteiger partial charge in [0.1, 0.15) is 23.7 Å². The number of urea groups is 1. The molecule has 0 aromatic heterocycles. The van der Waals surface area contributed by atoms with E-state index in [0.29, 0.717) is 25.8 Å². The number of carbonyl (C=O) groups is 6. The van der Waals surface area contributed by atoms with Crippen molar-refractivity contribution in [3.8, 4) is 0 Å². The summed E-state index contributed by atoms with van der Waals surface area (Å²) in [5.41, 5.74) is -1.43. The third kappa shape index (κ3) is 11.8. The molecule has 5 atom stereocenters. The van der Waals surface area contributed by atoms with Crippen LogP contribution >= 0.6 is 0 Å². The molecule has 1 unspecified atom stereocenters. The first-order chi connectivity index (χ1) is 21.8. The van der Waals surface area contributed by atoms with Gasteiger partial charge in [0.05, 0.1) is 6.04 Å². The first-order valence-corrected chi connectivity index (χ1v) is 17.5. The Kier molecular flexibility index (Phi) is 14.7. The van der Waals surface area contributed by atoms with Gasteiger partial charge in [0.2, 0.25) is 17.6 Å². The molecule has 12 nitrogen and oxygen atoms in total. The average Bonchev–Trinajstić information content (AvgIpc) is 3.45. The Balaban J connectivity index is 2.39. The van der Waals surface area contributed by atoms with Gasteiger partial charge in [-0.15, -0.1) is 0 Å². The Morgan fingerprint density at radius 2 is 1.49 bits per heavy atom.